The first-order valence-corrected chi connectivity index (χ1v) is 9.88. The molecule has 1 aromatic carbocycles. The molecule has 0 spiro atoms. The van der Waals surface area contributed by atoms with Crippen LogP contribution in [0.1, 0.15) is 59.4 Å². The number of para-hydroxylation sites is 1. The van der Waals surface area contributed by atoms with E-state index in [0.29, 0.717) is 17.4 Å². The summed E-state index contributed by atoms with van der Waals surface area (Å²) in [7, 11) is 0. The lowest BCUT2D eigenvalue weighted by molar-refractivity contribution is 0.0690. The summed E-state index contributed by atoms with van der Waals surface area (Å²) in [6.07, 6.45) is 4.90. The summed E-state index contributed by atoms with van der Waals surface area (Å²) in [5.74, 6) is 0.737. The number of aromatic nitrogens is 2. The van der Waals surface area contributed by atoms with Crippen molar-refractivity contribution in [1.82, 2.24) is 14.5 Å². The number of carbonyl (C=O) groups excluding carboxylic acids is 2. The second kappa shape index (κ2) is 7.55. The van der Waals surface area contributed by atoms with E-state index in [9.17, 15) is 9.59 Å². The van der Waals surface area contributed by atoms with E-state index in [4.69, 9.17) is 0 Å². The molecule has 1 saturated heterocycles. The van der Waals surface area contributed by atoms with Gasteiger partial charge in [-0.25, -0.2) is 4.98 Å². The van der Waals surface area contributed by atoms with Gasteiger partial charge in [0.2, 0.25) is 0 Å². The van der Waals surface area contributed by atoms with Crippen LogP contribution in [0.2, 0.25) is 0 Å². The zero-order valence-electron chi connectivity index (χ0n) is 15.8. The summed E-state index contributed by atoms with van der Waals surface area (Å²) in [4.78, 5) is 32.4. The molecule has 6 heteroatoms. The van der Waals surface area contributed by atoms with Crippen LogP contribution in [0.5, 0.6) is 0 Å². The number of anilines is 1. The number of imidazole rings is 1. The van der Waals surface area contributed by atoms with Crippen LogP contribution < -0.4 is 5.32 Å². The van der Waals surface area contributed by atoms with Gasteiger partial charge >= 0.3 is 0 Å². The van der Waals surface area contributed by atoms with E-state index < -0.39 is 0 Å². The molecule has 0 radical (unpaired) electrons. The van der Waals surface area contributed by atoms with Gasteiger partial charge < -0.3 is 14.8 Å². The third-order valence-electron chi connectivity index (χ3n) is 5.63. The first-order chi connectivity index (χ1) is 13.1. The van der Waals surface area contributed by atoms with Gasteiger partial charge in [0.1, 0.15) is 5.69 Å². The van der Waals surface area contributed by atoms with Crippen molar-refractivity contribution < 1.29 is 9.59 Å². The number of amides is 2. The molecule has 1 N–H and O–H groups in total. The van der Waals surface area contributed by atoms with Crippen molar-refractivity contribution in [3.05, 3.63) is 47.5 Å². The number of carbonyl (C=O) groups is 2. The number of hydrogen-bond acceptors (Lipinski definition) is 3. The standard InChI is InChI=1S/C21H26N4O2/c1-15-10-13-24(14-11-15)21(27)18-17-9-5-6-12-25(17)19(23-18)20(26)22-16-7-3-2-4-8-16/h2-4,7-8,15H,5-6,9-14H2,1H3,(H,22,26). The Bertz CT molecular complexity index is 835. The number of piperidine rings is 1. The Morgan fingerprint density at radius 1 is 1.07 bits per heavy atom. The van der Waals surface area contributed by atoms with Crippen molar-refractivity contribution in [2.24, 2.45) is 5.92 Å². The van der Waals surface area contributed by atoms with Gasteiger partial charge in [-0.15, -0.1) is 0 Å². The molecule has 4 rings (SSSR count). The van der Waals surface area contributed by atoms with E-state index in [1.54, 1.807) is 0 Å². The summed E-state index contributed by atoms with van der Waals surface area (Å²) >= 11 is 0. The maximum Gasteiger partial charge on any atom is 0.291 e. The number of fused-ring (bicyclic) bond motifs is 1. The number of rotatable bonds is 3. The molecular weight excluding hydrogens is 340 g/mol. The Balaban J connectivity index is 1.61. The van der Waals surface area contributed by atoms with Gasteiger partial charge in [-0.05, 0) is 50.2 Å². The highest BCUT2D eigenvalue weighted by Crippen LogP contribution is 2.25. The third kappa shape index (κ3) is 3.61. The minimum absolute atomic E-state index is 0.0219. The van der Waals surface area contributed by atoms with Gasteiger partial charge in [-0.1, -0.05) is 25.1 Å². The number of benzene rings is 1. The molecular formula is C21H26N4O2. The fourth-order valence-corrected chi connectivity index (χ4v) is 3.96. The molecule has 142 valence electrons. The van der Waals surface area contributed by atoms with E-state index in [0.717, 1.165) is 63.1 Å². The van der Waals surface area contributed by atoms with E-state index in [1.165, 1.54) is 0 Å². The molecule has 1 aromatic heterocycles. The number of hydrogen-bond donors (Lipinski definition) is 1. The van der Waals surface area contributed by atoms with Crippen molar-refractivity contribution in [1.29, 1.82) is 0 Å². The lowest BCUT2D eigenvalue weighted by Crippen LogP contribution is -2.38. The van der Waals surface area contributed by atoms with Gasteiger partial charge in [0.15, 0.2) is 5.82 Å². The molecule has 1 fully saturated rings. The fraction of sp³-hybridized carbons (Fsp3) is 0.476. The molecule has 0 bridgehead atoms. The van der Waals surface area contributed by atoms with E-state index in [1.807, 2.05) is 39.8 Å². The highest BCUT2D eigenvalue weighted by atomic mass is 16.2. The van der Waals surface area contributed by atoms with Crippen LogP contribution in [-0.4, -0.2) is 39.4 Å². The van der Waals surface area contributed by atoms with Crippen molar-refractivity contribution in [3.8, 4) is 0 Å². The molecule has 0 atom stereocenters. The molecule has 2 aliphatic rings. The Labute approximate surface area is 159 Å². The largest absolute Gasteiger partial charge is 0.337 e. The quantitative estimate of drug-likeness (QED) is 0.906. The smallest absolute Gasteiger partial charge is 0.291 e. The molecule has 0 aliphatic carbocycles. The van der Waals surface area contributed by atoms with Gasteiger partial charge in [-0.2, -0.15) is 0 Å². The predicted octanol–water partition coefficient (Wildman–Crippen LogP) is 3.34. The van der Waals surface area contributed by atoms with Crippen LogP contribution in [0.3, 0.4) is 0 Å². The first kappa shape index (κ1) is 17.8. The second-order valence-corrected chi connectivity index (χ2v) is 7.63. The predicted molar refractivity (Wildman–Crippen MR) is 104 cm³/mol. The van der Waals surface area contributed by atoms with Gasteiger partial charge in [-0.3, -0.25) is 9.59 Å². The van der Waals surface area contributed by atoms with E-state index >= 15 is 0 Å². The zero-order valence-corrected chi connectivity index (χ0v) is 15.8. The summed E-state index contributed by atoms with van der Waals surface area (Å²) < 4.78 is 1.95. The molecule has 2 aliphatic heterocycles. The van der Waals surface area contributed by atoms with Crippen molar-refractivity contribution >= 4 is 17.5 Å². The summed E-state index contributed by atoms with van der Waals surface area (Å²) in [6.45, 7) is 4.52. The SMILES string of the molecule is CC1CCN(C(=O)c2nc(C(=O)Nc3ccccc3)n3c2CCCC3)CC1. The van der Waals surface area contributed by atoms with Crippen LogP contribution in [0.25, 0.3) is 0 Å². The number of nitrogens with zero attached hydrogens (tertiary/aromatic N) is 3. The molecule has 6 nitrogen and oxygen atoms in total. The normalized spacial score (nSPS) is 17.4. The summed E-state index contributed by atoms with van der Waals surface area (Å²) in [5.41, 5.74) is 2.12. The van der Waals surface area contributed by atoms with Crippen LogP contribution in [0.4, 0.5) is 5.69 Å². The van der Waals surface area contributed by atoms with Crippen LogP contribution in [0.15, 0.2) is 30.3 Å². The maximum atomic E-state index is 13.1. The molecule has 0 saturated carbocycles. The molecule has 3 heterocycles. The monoisotopic (exact) mass is 366 g/mol. The minimum atomic E-state index is -0.254. The van der Waals surface area contributed by atoms with Crippen LogP contribution >= 0.6 is 0 Å². The second-order valence-electron chi connectivity index (χ2n) is 7.63. The van der Waals surface area contributed by atoms with E-state index in [2.05, 4.69) is 17.2 Å². The van der Waals surface area contributed by atoms with Crippen molar-refractivity contribution in [2.75, 3.05) is 18.4 Å². The lowest BCUT2D eigenvalue weighted by Gasteiger charge is -2.30. The maximum absolute atomic E-state index is 13.1. The molecule has 0 unspecified atom stereocenters. The zero-order chi connectivity index (χ0) is 18.8. The molecule has 2 amide bonds. The number of likely N-dealkylation sites (tertiary alicyclic amines) is 1. The first-order valence-electron chi connectivity index (χ1n) is 9.88. The number of nitrogens with one attached hydrogen (secondary N) is 1. The third-order valence-corrected chi connectivity index (χ3v) is 5.63. The highest BCUT2D eigenvalue weighted by Gasteiger charge is 2.31. The van der Waals surface area contributed by atoms with Crippen molar-refractivity contribution in [2.45, 2.75) is 45.6 Å². The van der Waals surface area contributed by atoms with E-state index in [-0.39, 0.29) is 11.8 Å². The Morgan fingerprint density at radius 2 is 1.81 bits per heavy atom. The van der Waals surface area contributed by atoms with Crippen LogP contribution in [-0.2, 0) is 13.0 Å². The van der Waals surface area contributed by atoms with Crippen LogP contribution in [0, 0.1) is 5.92 Å². The topological polar surface area (TPSA) is 67.2 Å². The van der Waals surface area contributed by atoms with Crippen molar-refractivity contribution in [3.63, 3.8) is 0 Å². The molecule has 27 heavy (non-hydrogen) atoms. The Morgan fingerprint density at radius 3 is 2.56 bits per heavy atom. The average molecular weight is 366 g/mol. The lowest BCUT2D eigenvalue weighted by atomic mass is 9.98. The average Bonchev–Trinajstić information content (AvgIpc) is 3.09. The summed E-state index contributed by atoms with van der Waals surface area (Å²) in [6, 6.07) is 9.35. The Hall–Kier alpha value is -2.63. The Kier molecular flexibility index (Phi) is 4.97. The minimum Gasteiger partial charge on any atom is -0.337 e. The molecule has 2 aromatic rings. The fourth-order valence-electron chi connectivity index (χ4n) is 3.96. The summed E-state index contributed by atoms with van der Waals surface area (Å²) in [5, 5.41) is 2.90. The van der Waals surface area contributed by atoms with Gasteiger partial charge in [0.05, 0.1) is 5.69 Å². The van der Waals surface area contributed by atoms with Gasteiger partial charge in [0, 0.05) is 25.3 Å². The van der Waals surface area contributed by atoms with Gasteiger partial charge in [0.25, 0.3) is 11.8 Å². The highest BCUT2D eigenvalue weighted by molar-refractivity contribution is 6.03.